The van der Waals surface area contributed by atoms with Gasteiger partial charge in [0.05, 0.1) is 39.3 Å². The van der Waals surface area contributed by atoms with E-state index in [9.17, 15) is 35.4 Å². The molecule has 1 aliphatic carbocycles. The monoisotopic (exact) mass is 470 g/mol. The van der Waals surface area contributed by atoms with Crippen LogP contribution in [0, 0.1) is 0 Å². The van der Waals surface area contributed by atoms with Gasteiger partial charge in [0.25, 0.3) is 0 Å². The van der Waals surface area contributed by atoms with Crippen LogP contribution in [0.2, 0.25) is 0 Å². The summed E-state index contributed by atoms with van der Waals surface area (Å²) in [6, 6.07) is 4.87. The number of carboxylic acids is 1. The molecule has 2 fully saturated rings. The number of quaternary nitrogens is 1. The first-order valence-electron chi connectivity index (χ1n) is 11.3. The zero-order valence-electron chi connectivity index (χ0n) is 19.3. The summed E-state index contributed by atoms with van der Waals surface area (Å²) in [6.07, 6.45) is -4.26. The van der Waals surface area contributed by atoms with Crippen molar-refractivity contribution in [3.05, 3.63) is 23.8 Å². The Kier molecular flexibility index (Phi) is 7.57. The van der Waals surface area contributed by atoms with Crippen molar-refractivity contribution < 1.29 is 49.4 Å². The van der Waals surface area contributed by atoms with Crippen molar-refractivity contribution in [3.8, 4) is 11.5 Å². The topological polar surface area (TPSA) is 157 Å². The van der Waals surface area contributed by atoms with Crippen LogP contribution in [-0.4, -0.2) is 105 Å². The molecule has 33 heavy (non-hydrogen) atoms. The lowest BCUT2D eigenvalue weighted by Crippen LogP contribution is -2.69. The first-order valence-corrected chi connectivity index (χ1v) is 11.3. The molecule has 1 aromatic rings. The summed E-state index contributed by atoms with van der Waals surface area (Å²) in [5.41, 5.74) is -0.629. The molecule has 10 heteroatoms. The number of aliphatic hydroxyl groups excluding tert-OH is 3. The van der Waals surface area contributed by atoms with Crippen LogP contribution in [0.1, 0.15) is 43.6 Å². The van der Waals surface area contributed by atoms with Crippen LogP contribution >= 0.6 is 0 Å². The number of rotatable bonds is 7. The van der Waals surface area contributed by atoms with Crippen LogP contribution in [-0.2, 0) is 9.53 Å². The van der Waals surface area contributed by atoms with Crippen molar-refractivity contribution in [2.24, 2.45) is 0 Å². The molecule has 3 rings (SSSR count). The first kappa shape index (κ1) is 25.7. The number of hydrogen-bond donors (Lipinski definition) is 6. The smallest absolute Gasteiger partial charge is 0.335 e. The number of methoxy groups -OCH3 is 1. The highest BCUT2D eigenvalue weighted by Gasteiger charge is 2.54. The van der Waals surface area contributed by atoms with Gasteiger partial charge in [-0.15, -0.1) is 0 Å². The van der Waals surface area contributed by atoms with Gasteiger partial charge in [-0.1, -0.05) is 25.3 Å². The van der Waals surface area contributed by atoms with Crippen LogP contribution in [0.15, 0.2) is 18.2 Å². The standard InChI is InChI=1S/C23H35NO9/c1-24(2,21-19(28)17(26)18(27)20(33-21)22(29)30)12-15(23(31)9-5-4-6-10-23)14-8-7-13(32-3)11-16(14)25/h7-8,11,15,17-21,26-28,31H,4-6,9-10,12H2,1-3H3,(H-,25,29,30)/p+1. The molecule has 1 saturated heterocycles. The summed E-state index contributed by atoms with van der Waals surface area (Å²) in [7, 11) is 4.87. The van der Waals surface area contributed by atoms with Crippen molar-refractivity contribution in [3.63, 3.8) is 0 Å². The molecule has 10 nitrogen and oxygen atoms in total. The normalized spacial score (nSPS) is 31.1. The van der Waals surface area contributed by atoms with Gasteiger partial charge in [-0.2, -0.15) is 0 Å². The van der Waals surface area contributed by atoms with E-state index in [1.54, 1.807) is 26.2 Å². The number of carboxylic acid groups (broad SMARTS) is 1. The molecule has 1 aromatic carbocycles. The number of hydrogen-bond acceptors (Lipinski definition) is 8. The summed E-state index contributed by atoms with van der Waals surface area (Å²) in [5, 5.41) is 62.8. The molecule has 0 bridgehead atoms. The molecule has 6 N–H and O–H groups in total. The van der Waals surface area contributed by atoms with E-state index in [1.165, 1.54) is 13.2 Å². The van der Waals surface area contributed by atoms with Crippen LogP contribution in [0.4, 0.5) is 0 Å². The lowest BCUT2D eigenvalue weighted by Gasteiger charge is -2.49. The average molecular weight is 471 g/mol. The van der Waals surface area contributed by atoms with Gasteiger partial charge in [0.1, 0.15) is 23.7 Å². The zero-order chi connectivity index (χ0) is 24.6. The molecule has 6 unspecified atom stereocenters. The summed E-state index contributed by atoms with van der Waals surface area (Å²) < 4.78 is 10.6. The van der Waals surface area contributed by atoms with Crippen molar-refractivity contribution >= 4 is 5.97 Å². The van der Waals surface area contributed by atoms with Gasteiger partial charge in [-0.05, 0) is 18.9 Å². The summed E-state index contributed by atoms with van der Waals surface area (Å²) in [5.74, 6) is -1.61. The van der Waals surface area contributed by atoms with Crippen LogP contribution < -0.4 is 4.74 Å². The highest BCUT2D eigenvalue weighted by molar-refractivity contribution is 5.73. The SMILES string of the molecule is COc1ccc(C(C[N+](C)(C)C2OC(C(=O)O)C(O)C(O)C2O)C2(O)CCCCC2)c(O)c1. The third-order valence-electron chi connectivity index (χ3n) is 7.15. The minimum atomic E-state index is -1.78. The van der Waals surface area contributed by atoms with Gasteiger partial charge in [0, 0.05) is 11.6 Å². The molecule has 6 atom stereocenters. The Bertz CT molecular complexity index is 839. The Morgan fingerprint density at radius 1 is 1.15 bits per heavy atom. The fraction of sp³-hybridized carbons (Fsp3) is 0.696. The number of aromatic hydroxyl groups is 1. The summed E-state index contributed by atoms with van der Waals surface area (Å²) >= 11 is 0. The van der Waals surface area contributed by atoms with Gasteiger partial charge < -0.3 is 44.6 Å². The Morgan fingerprint density at radius 3 is 2.33 bits per heavy atom. The second-order valence-electron chi connectivity index (χ2n) is 9.86. The molecular weight excluding hydrogens is 434 g/mol. The Labute approximate surface area is 193 Å². The van der Waals surface area contributed by atoms with Crippen molar-refractivity contribution in [1.29, 1.82) is 0 Å². The number of nitrogens with zero attached hydrogens (tertiary/aromatic N) is 1. The van der Waals surface area contributed by atoms with E-state index in [0.717, 1.165) is 19.3 Å². The van der Waals surface area contributed by atoms with E-state index in [0.29, 0.717) is 24.2 Å². The maximum atomic E-state index is 11.7. The van der Waals surface area contributed by atoms with Crippen LogP contribution in [0.3, 0.4) is 0 Å². The molecular formula is C23H36NO9+. The minimum absolute atomic E-state index is 0.0395. The Balaban J connectivity index is 1.98. The lowest BCUT2D eigenvalue weighted by molar-refractivity contribution is -0.946. The lowest BCUT2D eigenvalue weighted by atomic mass is 9.72. The molecule has 1 saturated carbocycles. The highest BCUT2D eigenvalue weighted by Crippen LogP contribution is 2.45. The number of phenols is 1. The van der Waals surface area contributed by atoms with E-state index in [-0.39, 0.29) is 16.8 Å². The maximum Gasteiger partial charge on any atom is 0.335 e. The van der Waals surface area contributed by atoms with Gasteiger partial charge in [0.15, 0.2) is 12.2 Å². The van der Waals surface area contributed by atoms with Gasteiger partial charge >= 0.3 is 5.97 Å². The zero-order valence-corrected chi connectivity index (χ0v) is 19.3. The van der Waals surface area contributed by atoms with Crippen molar-refractivity contribution in [2.75, 3.05) is 27.7 Å². The summed E-state index contributed by atoms with van der Waals surface area (Å²) in [6.45, 7) is 0.160. The number of carbonyl (C=O) groups is 1. The minimum Gasteiger partial charge on any atom is -0.508 e. The van der Waals surface area contributed by atoms with Crippen molar-refractivity contribution in [2.45, 2.75) is 74.3 Å². The third-order valence-corrected chi connectivity index (χ3v) is 7.15. The predicted octanol–water partition coefficient (Wildman–Crippen LogP) is 0.148. The van der Waals surface area contributed by atoms with Crippen molar-refractivity contribution in [1.82, 2.24) is 0 Å². The molecule has 0 radical (unpaired) electrons. The largest absolute Gasteiger partial charge is 0.508 e. The molecule has 0 aromatic heterocycles. The van der Waals surface area contributed by atoms with E-state index < -0.39 is 48.1 Å². The second kappa shape index (κ2) is 9.73. The number of ether oxygens (including phenoxy) is 2. The van der Waals surface area contributed by atoms with E-state index in [4.69, 9.17) is 9.47 Å². The fourth-order valence-corrected chi connectivity index (χ4v) is 5.23. The van der Waals surface area contributed by atoms with E-state index in [2.05, 4.69) is 0 Å². The molecule has 186 valence electrons. The molecule has 0 amide bonds. The average Bonchev–Trinajstić information content (AvgIpc) is 2.76. The molecule has 1 heterocycles. The number of benzene rings is 1. The maximum absolute atomic E-state index is 11.7. The Hall–Kier alpha value is -1.95. The second-order valence-corrected chi connectivity index (χ2v) is 9.86. The van der Waals surface area contributed by atoms with Gasteiger partial charge in [-0.3, -0.25) is 0 Å². The number of likely N-dealkylation sites (N-methyl/N-ethyl adjacent to an activating group) is 1. The number of phenolic OH excluding ortho intramolecular Hbond substituents is 1. The first-order chi connectivity index (χ1) is 15.4. The quantitative estimate of drug-likeness (QED) is 0.305. The van der Waals surface area contributed by atoms with Crippen LogP contribution in [0.5, 0.6) is 11.5 Å². The predicted molar refractivity (Wildman–Crippen MR) is 117 cm³/mol. The van der Waals surface area contributed by atoms with E-state index >= 15 is 0 Å². The van der Waals surface area contributed by atoms with Gasteiger partial charge in [0.2, 0.25) is 6.23 Å². The van der Waals surface area contributed by atoms with Crippen LogP contribution in [0.25, 0.3) is 0 Å². The van der Waals surface area contributed by atoms with E-state index in [1.807, 2.05) is 0 Å². The molecule has 1 aliphatic heterocycles. The number of aliphatic carboxylic acids is 1. The molecule has 2 aliphatic rings. The summed E-state index contributed by atoms with van der Waals surface area (Å²) in [4.78, 5) is 11.6. The fourth-order valence-electron chi connectivity index (χ4n) is 5.23. The number of aliphatic hydroxyl groups is 4. The molecule has 0 spiro atoms. The highest BCUT2D eigenvalue weighted by atomic mass is 16.6. The third kappa shape index (κ3) is 5.11. The Morgan fingerprint density at radius 2 is 1.79 bits per heavy atom. The van der Waals surface area contributed by atoms with Gasteiger partial charge in [-0.25, -0.2) is 4.79 Å².